The van der Waals surface area contributed by atoms with Crippen molar-refractivity contribution in [3.63, 3.8) is 0 Å². The third-order valence-electron chi connectivity index (χ3n) is 5.95. The van der Waals surface area contributed by atoms with E-state index in [1.165, 1.54) is 5.56 Å². The molecule has 0 radical (unpaired) electrons. The highest BCUT2D eigenvalue weighted by molar-refractivity contribution is 5.80. The summed E-state index contributed by atoms with van der Waals surface area (Å²) in [6, 6.07) is 14.6. The summed E-state index contributed by atoms with van der Waals surface area (Å²) in [5.74, 6) is 3.42. The summed E-state index contributed by atoms with van der Waals surface area (Å²) < 4.78 is 12.9. The zero-order valence-electron chi connectivity index (χ0n) is 19.3. The summed E-state index contributed by atoms with van der Waals surface area (Å²) in [4.78, 5) is 11.6. The normalized spacial score (nSPS) is 17.0. The summed E-state index contributed by atoms with van der Waals surface area (Å²) in [6.07, 6.45) is 1.06. The molecule has 4 rings (SSSR count). The summed E-state index contributed by atoms with van der Waals surface area (Å²) >= 11 is 0. The zero-order chi connectivity index (χ0) is 22.5. The van der Waals surface area contributed by atoms with Crippen molar-refractivity contribution in [3.8, 4) is 11.5 Å². The van der Waals surface area contributed by atoms with E-state index in [1.54, 1.807) is 21.3 Å². The molecular weight excluding hydrogens is 404 g/mol. The molecule has 1 fully saturated rings. The predicted molar refractivity (Wildman–Crippen MR) is 127 cm³/mol. The van der Waals surface area contributed by atoms with Gasteiger partial charge in [0.25, 0.3) is 0 Å². The first kappa shape index (κ1) is 22.0. The van der Waals surface area contributed by atoms with Crippen LogP contribution >= 0.6 is 0 Å². The Morgan fingerprint density at radius 2 is 1.91 bits per heavy atom. The number of benzene rings is 2. The Labute approximate surface area is 189 Å². The molecule has 0 spiro atoms. The standard InChI is InChI=1S/C24H32N6O2/c1-25-24(26-14-23-28-21-7-5-6-8-22(21)29(23)2)27-18-9-10-30(16-18)15-17-11-19(31-3)13-20(12-17)32-4/h5-8,11-13,18H,9-10,14-16H2,1-4H3,(H2,25,26,27). The molecule has 1 aliphatic heterocycles. The Bertz CT molecular complexity index is 1070. The number of hydrogen-bond donors (Lipinski definition) is 2. The zero-order valence-corrected chi connectivity index (χ0v) is 19.3. The Kier molecular flexibility index (Phi) is 6.80. The fourth-order valence-corrected chi connectivity index (χ4v) is 4.21. The number of methoxy groups -OCH3 is 2. The van der Waals surface area contributed by atoms with E-state index >= 15 is 0 Å². The number of nitrogens with zero attached hydrogens (tertiary/aromatic N) is 4. The smallest absolute Gasteiger partial charge is 0.191 e. The van der Waals surface area contributed by atoms with E-state index in [9.17, 15) is 0 Å². The minimum absolute atomic E-state index is 0.342. The number of imidazole rings is 1. The number of rotatable bonds is 7. The third-order valence-corrected chi connectivity index (χ3v) is 5.95. The molecule has 0 bridgehead atoms. The number of nitrogens with one attached hydrogen (secondary N) is 2. The SMILES string of the molecule is CN=C(NCc1nc2ccccc2n1C)NC1CCN(Cc2cc(OC)cc(OC)c2)C1. The molecule has 8 heteroatoms. The van der Waals surface area contributed by atoms with E-state index in [-0.39, 0.29) is 0 Å². The number of aliphatic imine (C=N–C) groups is 1. The van der Waals surface area contributed by atoms with Crippen LogP contribution in [0.5, 0.6) is 11.5 Å². The van der Waals surface area contributed by atoms with Crippen LogP contribution in [0.2, 0.25) is 0 Å². The highest BCUT2D eigenvalue weighted by Crippen LogP contribution is 2.24. The van der Waals surface area contributed by atoms with Gasteiger partial charge in [-0.25, -0.2) is 4.98 Å². The van der Waals surface area contributed by atoms with Gasteiger partial charge in [-0.3, -0.25) is 9.89 Å². The first-order valence-electron chi connectivity index (χ1n) is 10.9. The summed E-state index contributed by atoms with van der Waals surface area (Å²) in [7, 11) is 7.21. The monoisotopic (exact) mass is 436 g/mol. The molecule has 0 aliphatic carbocycles. The number of guanidine groups is 1. The molecule has 32 heavy (non-hydrogen) atoms. The van der Waals surface area contributed by atoms with Crippen LogP contribution in [-0.2, 0) is 20.1 Å². The van der Waals surface area contributed by atoms with Crippen LogP contribution in [0.4, 0.5) is 0 Å². The fraction of sp³-hybridized carbons (Fsp3) is 0.417. The molecule has 170 valence electrons. The number of aromatic nitrogens is 2. The Morgan fingerprint density at radius 1 is 1.16 bits per heavy atom. The number of fused-ring (bicyclic) bond motifs is 1. The van der Waals surface area contributed by atoms with Gasteiger partial charge in [0.1, 0.15) is 17.3 Å². The minimum Gasteiger partial charge on any atom is -0.497 e. The lowest BCUT2D eigenvalue weighted by atomic mass is 10.2. The highest BCUT2D eigenvalue weighted by Gasteiger charge is 2.23. The van der Waals surface area contributed by atoms with Gasteiger partial charge in [0.2, 0.25) is 0 Å². The molecule has 1 aliphatic rings. The molecule has 3 aromatic rings. The van der Waals surface area contributed by atoms with Crippen molar-refractivity contribution in [2.75, 3.05) is 34.4 Å². The van der Waals surface area contributed by atoms with Crippen LogP contribution in [0.3, 0.4) is 0 Å². The molecular formula is C24H32N6O2. The Morgan fingerprint density at radius 3 is 2.59 bits per heavy atom. The summed E-state index contributed by atoms with van der Waals surface area (Å²) in [5, 5.41) is 6.97. The van der Waals surface area contributed by atoms with Gasteiger partial charge in [-0.2, -0.15) is 0 Å². The quantitative estimate of drug-likeness (QED) is 0.438. The maximum absolute atomic E-state index is 5.40. The van der Waals surface area contributed by atoms with Crippen LogP contribution < -0.4 is 20.1 Å². The number of ether oxygens (including phenoxy) is 2. The molecule has 1 saturated heterocycles. The second-order valence-electron chi connectivity index (χ2n) is 8.09. The third kappa shape index (κ3) is 4.96. The number of aryl methyl sites for hydroxylation is 1. The minimum atomic E-state index is 0.342. The summed E-state index contributed by atoms with van der Waals surface area (Å²) in [6.45, 7) is 3.45. The molecule has 1 atom stereocenters. The van der Waals surface area contributed by atoms with Gasteiger partial charge >= 0.3 is 0 Å². The Balaban J connectivity index is 1.31. The van der Waals surface area contributed by atoms with Gasteiger partial charge in [0.15, 0.2) is 5.96 Å². The van der Waals surface area contributed by atoms with Crippen LogP contribution in [0, 0.1) is 0 Å². The highest BCUT2D eigenvalue weighted by atomic mass is 16.5. The van der Waals surface area contributed by atoms with Crippen molar-refractivity contribution < 1.29 is 9.47 Å². The fourth-order valence-electron chi connectivity index (χ4n) is 4.21. The Hall–Kier alpha value is -3.26. The second kappa shape index (κ2) is 9.91. The van der Waals surface area contributed by atoms with Gasteiger partial charge in [-0.05, 0) is 36.2 Å². The average molecular weight is 437 g/mol. The molecule has 1 unspecified atom stereocenters. The topological polar surface area (TPSA) is 75.9 Å². The van der Waals surface area contributed by atoms with Crippen molar-refractivity contribution >= 4 is 17.0 Å². The number of likely N-dealkylation sites (tertiary alicyclic amines) is 1. The lowest BCUT2D eigenvalue weighted by Gasteiger charge is -2.19. The van der Waals surface area contributed by atoms with Crippen LogP contribution in [0.15, 0.2) is 47.5 Å². The molecule has 0 amide bonds. The van der Waals surface area contributed by atoms with Gasteiger partial charge in [0.05, 0.1) is 31.8 Å². The largest absolute Gasteiger partial charge is 0.497 e. The molecule has 2 aromatic carbocycles. The van der Waals surface area contributed by atoms with Gasteiger partial charge in [-0.15, -0.1) is 0 Å². The number of hydrogen-bond acceptors (Lipinski definition) is 5. The van der Waals surface area contributed by atoms with Crippen molar-refractivity contribution in [2.45, 2.75) is 25.6 Å². The molecule has 1 aromatic heterocycles. The summed E-state index contributed by atoms with van der Waals surface area (Å²) in [5.41, 5.74) is 3.33. The molecule has 2 heterocycles. The average Bonchev–Trinajstić information content (AvgIpc) is 3.39. The van der Waals surface area contributed by atoms with Crippen molar-refractivity contribution in [2.24, 2.45) is 12.0 Å². The lowest BCUT2D eigenvalue weighted by Crippen LogP contribution is -2.44. The maximum atomic E-state index is 5.40. The van der Waals surface area contributed by atoms with Gasteiger partial charge < -0.3 is 24.7 Å². The predicted octanol–water partition coefficient (Wildman–Crippen LogP) is 2.53. The van der Waals surface area contributed by atoms with Crippen molar-refractivity contribution in [1.29, 1.82) is 0 Å². The van der Waals surface area contributed by atoms with E-state index in [1.807, 2.05) is 31.3 Å². The maximum Gasteiger partial charge on any atom is 0.191 e. The van der Waals surface area contributed by atoms with E-state index < -0.39 is 0 Å². The first-order valence-corrected chi connectivity index (χ1v) is 10.9. The first-order chi connectivity index (χ1) is 15.6. The van der Waals surface area contributed by atoms with E-state index in [0.29, 0.717) is 12.6 Å². The van der Waals surface area contributed by atoms with Crippen molar-refractivity contribution in [1.82, 2.24) is 25.1 Å². The number of para-hydroxylation sites is 2. The van der Waals surface area contributed by atoms with Crippen LogP contribution in [-0.4, -0.2) is 60.8 Å². The van der Waals surface area contributed by atoms with Crippen LogP contribution in [0.25, 0.3) is 11.0 Å². The van der Waals surface area contributed by atoms with E-state index in [4.69, 9.17) is 14.5 Å². The second-order valence-corrected chi connectivity index (χ2v) is 8.09. The lowest BCUT2D eigenvalue weighted by molar-refractivity contribution is 0.321. The van der Waals surface area contributed by atoms with Gasteiger partial charge in [-0.1, -0.05) is 12.1 Å². The van der Waals surface area contributed by atoms with E-state index in [2.05, 4.69) is 43.3 Å². The van der Waals surface area contributed by atoms with Crippen LogP contribution in [0.1, 0.15) is 17.8 Å². The molecule has 8 nitrogen and oxygen atoms in total. The molecule has 0 saturated carbocycles. The van der Waals surface area contributed by atoms with E-state index in [0.717, 1.165) is 60.4 Å². The van der Waals surface area contributed by atoms with Crippen molar-refractivity contribution in [3.05, 3.63) is 53.9 Å². The van der Waals surface area contributed by atoms with Gasteiger partial charge in [0, 0.05) is 45.8 Å². The molecule has 2 N–H and O–H groups in total.